The molecule has 9 heteroatoms. The van der Waals surface area contributed by atoms with Crippen LogP contribution in [0.25, 0.3) is 0 Å². The molecule has 1 heterocycles. The summed E-state index contributed by atoms with van der Waals surface area (Å²) in [5.41, 5.74) is 3.92. The molecule has 0 aromatic heterocycles. The Morgan fingerprint density at radius 3 is 2.23 bits per heavy atom. The molecule has 0 saturated heterocycles. The lowest BCUT2D eigenvalue weighted by Gasteiger charge is -2.25. The Hall–Kier alpha value is -4.46. The maximum absolute atomic E-state index is 14.0. The third kappa shape index (κ3) is 5.61. The summed E-state index contributed by atoms with van der Waals surface area (Å²) in [5.74, 6) is -0.809. The van der Waals surface area contributed by atoms with Gasteiger partial charge < -0.3 is 15.5 Å². The monoisotopic (exact) mass is 570 g/mol. The van der Waals surface area contributed by atoms with Crippen LogP contribution in [0.3, 0.4) is 0 Å². The number of ketones is 1. The van der Waals surface area contributed by atoms with Crippen molar-refractivity contribution < 1.29 is 14.4 Å². The Balaban J connectivity index is 1.55. The van der Waals surface area contributed by atoms with Gasteiger partial charge >= 0.3 is 6.03 Å². The number of benzodiazepines with no additional fused rings is 1. The molecule has 0 radical (unpaired) electrons. The van der Waals surface area contributed by atoms with E-state index in [-0.39, 0.29) is 28.1 Å². The van der Waals surface area contributed by atoms with Gasteiger partial charge in [-0.3, -0.25) is 9.59 Å². The highest BCUT2D eigenvalue weighted by Crippen LogP contribution is 2.31. The van der Waals surface area contributed by atoms with Crippen LogP contribution in [0.2, 0.25) is 10.0 Å². The standard InChI is InChI=1S/C31H24Cl2N4O3/c1-19-10-5-6-13-21(19)26(38)18-37-25-17-8-7-14-22(25)27(20-11-3-2-4-12-20)34-29(30(37)39)36-31(40)35-28-23(32)15-9-16-24(28)33/h2-17,29H,18H2,1H3,(H2,35,36,40)/t29-/m1/s1. The first-order valence-electron chi connectivity index (χ1n) is 12.5. The Labute approximate surface area is 241 Å². The highest BCUT2D eigenvalue weighted by Gasteiger charge is 2.34. The van der Waals surface area contributed by atoms with E-state index in [1.54, 1.807) is 42.5 Å². The first-order valence-corrected chi connectivity index (χ1v) is 13.2. The van der Waals surface area contributed by atoms with Gasteiger partial charge in [-0.2, -0.15) is 0 Å². The van der Waals surface area contributed by atoms with Gasteiger partial charge in [0.25, 0.3) is 5.91 Å². The SMILES string of the molecule is Cc1ccccc1C(=O)CN1C(=O)[C@@H](NC(=O)Nc2c(Cl)cccc2Cl)N=C(c2ccccc2)c2ccccc21. The topological polar surface area (TPSA) is 90.9 Å². The van der Waals surface area contributed by atoms with Crippen molar-refractivity contribution in [3.63, 3.8) is 0 Å². The number of hydrogen-bond donors (Lipinski definition) is 2. The fourth-order valence-electron chi connectivity index (χ4n) is 4.52. The summed E-state index contributed by atoms with van der Waals surface area (Å²) in [4.78, 5) is 46.7. The van der Waals surface area contributed by atoms with Gasteiger partial charge in [-0.05, 0) is 30.7 Å². The number of carbonyl (C=O) groups is 3. The third-order valence-corrected chi connectivity index (χ3v) is 7.10. The maximum atomic E-state index is 14.0. The molecule has 3 amide bonds. The molecule has 0 fully saturated rings. The normalized spacial score (nSPS) is 14.6. The second-order valence-electron chi connectivity index (χ2n) is 9.12. The molecule has 1 atom stereocenters. The molecule has 0 spiro atoms. The Morgan fingerprint density at radius 2 is 1.50 bits per heavy atom. The van der Waals surface area contributed by atoms with Gasteiger partial charge in [0.1, 0.15) is 0 Å². The lowest BCUT2D eigenvalue weighted by Crippen LogP contribution is -2.50. The van der Waals surface area contributed by atoms with Crippen LogP contribution in [0.4, 0.5) is 16.2 Å². The quantitative estimate of drug-likeness (QED) is 0.258. The van der Waals surface area contributed by atoms with E-state index < -0.39 is 18.1 Å². The van der Waals surface area contributed by atoms with Gasteiger partial charge in [-0.1, -0.05) is 102 Å². The molecule has 1 aliphatic heterocycles. The van der Waals surface area contributed by atoms with E-state index in [1.807, 2.05) is 61.5 Å². The zero-order valence-electron chi connectivity index (χ0n) is 21.4. The molecule has 1 aliphatic rings. The minimum Gasteiger partial charge on any atom is -0.308 e. The van der Waals surface area contributed by atoms with Crippen molar-refractivity contribution >= 4 is 58.0 Å². The zero-order valence-corrected chi connectivity index (χ0v) is 22.9. The van der Waals surface area contributed by atoms with Gasteiger partial charge in [0.05, 0.1) is 33.7 Å². The lowest BCUT2D eigenvalue weighted by atomic mass is 9.99. The van der Waals surface area contributed by atoms with Crippen LogP contribution in [-0.2, 0) is 4.79 Å². The number of anilines is 2. The number of amides is 3. The van der Waals surface area contributed by atoms with E-state index in [0.717, 1.165) is 11.1 Å². The van der Waals surface area contributed by atoms with E-state index >= 15 is 0 Å². The minimum atomic E-state index is -1.35. The van der Waals surface area contributed by atoms with Crippen molar-refractivity contribution in [2.24, 2.45) is 4.99 Å². The molecule has 2 N–H and O–H groups in total. The van der Waals surface area contributed by atoms with Gasteiger partial charge in [-0.15, -0.1) is 0 Å². The summed E-state index contributed by atoms with van der Waals surface area (Å²) >= 11 is 12.4. The molecule has 4 aromatic carbocycles. The van der Waals surface area contributed by atoms with Gasteiger partial charge in [0, 0.05) is 16.7 Å². The lowest BCUT2D eigenvalue weighted by molar-refractivity contribution is -0.120. The second-order valence-corrected chi connectivity index (χ2v) is 9.94. The first kappa shape index (κ1) is 27.1. The number of aliphatic imine (C=N–C) groups is 1. The second kappa shape index (κ2) is 11.7. The smallest absolute Gasteiger partial charge is 0.308 e. The number of para-hydroxylation sites is 2. The van der Waals surface area contributed by atoms with Crippen LogP contribution in [0.5, 0.6) is 0 Å². The molecule has 7 nitrogen and oxygen atoms in total. The number of benzene rings is 4. The fraction of sp³-hybridized carbons (Fsp3) is 0.0968. The van der Waals surface area contributed by atoms with Crippen LogP contribution in [0.15, 0.2) is 102 Å². The van der Waals surface area contributed by atoms with Crippen molar-refractivity contribution in [2.75, 3.05) is 16.8 Å². The van der Waals surface area contributed by atoms with E-state index in [2.05, 4.69) is 10.6 Å². The third-order valence-electron chi connectivity index (χ3n) is 6.47. The number of carbonyl (C=O) groups excluding carboxylic acids is 3. The number of hydrogen-bond acceptors (Lipinski definition) is 4. The summed E-state index contributed by atoms with van der Waals surface area (Å²) in [5, 5.41) is 5.73. The van der Waals surface area contributed by atoms with Crippen LogP contribution in [0, 0.1) is 6.92 Å². The van der Waals surface area contributed by atoms with Crippen molar-refractivity contribution in [1.29, 1.82) is 0 Å². The number of fused-ring (bicyclic) bond motifs is 1. The maximum Gasteiger partial charge on any atom is 0.321 e. The zero-order chi connectivity index (χ0) is 28.2. The van der Waals surface area contributed by atoms with Crippen molar-refractivity contribution in [2.45, 2.75) is 13.1 Å². The van der Waals surface area contributed by atoms with Gasteiger partial charge in [-0.25, -0.2) is 9.79 Å². The van der Waals surface area contributed by atoms with Crippen LogP contribution >= 0.6 is 23.2 Å². The van der Waals surface area contributed by atoms with Crippen LogP contribution in [0.1, 0.15) is 27.0 Å². The number of rotatable bonds is 6. The molecule has 4 aromatic rings. The largest absolute Gasteiger partial charge is 0.321 e. The predicted molar refractivity (Wildman–Crippen MR) is 159 cm³/mol. The van der Waals surface area contributed by atoms with Crippen molar-refractivity contribution in [3.8, 4) is 0 Å². The molecule has 0 unspecified atom stereocenters. The van der Waals surface area contributed by atoms with E-state index in [0.29, 0.717) is 22.5 Å². The summed E-state index contributed by atoms with van der Waals surface area (Å²) in [6, 6.07) is 27.9. The van der Waals surface area contributed by atoms with Crippen LogP contribution < -0.4 is 15.5 Å². The van der Waals surface area contributed by atoms with Crippen molar-refractivity contribution in [3.05, 3.63) is 129 Å². The van der Waals surface area contributed by atoms with E-state index in [1.165, 1.54) is 4.90 Å². The molecular formula is C31H24Cl2N4O3. The van der Waals surface area contributed by atoms with E-state index in [4.69, 9.17) is 28.2 Å². The number of halogens is 2. The molecule has 0 aliphatic carbocycles. The molecule has 40 heavy (non-hydrogen) atoms. The number of aryl methyl sites for hydroxylation is 1. The van der Waals surface area contributed by atoms with Crippen molar-refractivity contribution in [1.82, 2.24) is 5.32 Å². The molecule has 5 rings (SSSR count). The van der Waals surface area contributed by atoms with Gasteiger partial charge in [0.15, 0.2) is 5.78 Å². The molecule has 200 valence electrons. The minimum absolute atomic E-state index is 0.200. The Bertz CT molecular complexity index is 1620. The Morgan fingerprint density at radius 1 is 0.850 bits per heavy atom. The summed E-state index contributed by atoms with van der Waals surface area (Å²) in [7, 11) is 0. The van der Waals surface area contributed by atoms with Crippen LogP contribution in [-0.4, -0.2) is 36.1 Å². The molecule has 0 bridgehead atoms. The predicted octanol–water partition coefficient (Wildman–Crippen LogP) is 6.52. The summed E-state index contributed by atoms with van der Waals surface area (Å²) in [6.45, 7) is 1.60. The molecular weight excluding hydrogens is 547 g/mol. The Kier molecular flexibility index (Phi) is 7.96. The fourth-order valence-corrected chi connectivity index (χ4v) is 5.01. The number of Topliss-reactive ketones (excluding diaryl/α,β-unsaturated/α-hetero) is 1. The number of nitrogens with one attached hydrogen (secondary N) is 2. The van der Waals surface area contributed by atoms with E-state index in [9.17, 15) is 14.4 Å². The van der Waals surface area contributed by atoms with Gasteiger partial charge in [0.2, 0.25) is 6.17 Å². The average Bonchev–Trinajstić information content (AvgIpc) is 3.06. The summed E-state index contributed by atoms with van der Waals surface area (Å²) in [6.07, 6.45) is -1.35. The number of nitrogens with zero attached hydrogens (tertiary/aromatic N) is 2. The molecule has 0 saturated carbocycles. The highest BCUT2D eigenvalue weighted by atomic mass is 35.5. The first-order chi connectivity index (χ1) is 19.3. The summed E-state index contributed by atoms with van der Waals surface area (Å²) < 4.78 is 0. The highest BCUT2D eigenvalue weighted by molar-refractivity contribution is 6.39. The number of urea groups is 1. The average molecular weight is 571 g/mol.